The van der Waals surface area contributed by atoms with Gasteiger partial charge in [-0.3, -0.25) is 0 Å². The number of aromatic nitrogens is 2. The van der Waals surface area contributed by atoms with Crippen molar-refractivity contribution < 1.29 is 5.11 Å². The lowest BCUT2D eigenvalue weighted by Gasteiger charge is -2.13. The van der Waals surface area contributed by atoms with Gasteiger partial charge in [0.25, 0.3) is 0 Å². The third-order valence-electron chi connectivity index (χ3n) is 4.05. The summed E-state index contributed by atoms with van der Waals surface area (Å²) in [4.78, 5) is 0. The van der Waals surface area contributed by atoms with Gasteiger partial charge in [0.05, 0.1) is 0 Å². The highest BCUT2D eigenvalue weighted by molar-refractivity contribution is 7.15. The molecule has 1 heterocycles. The Labute approximate surface area is 154 Å². The van der Waals surface area contributed by atoms with Gasteiger partial charge < -0.3 is 5.11 Å². The third-order valence-corrected chi connectivity index (χ3v) is 4.92. The fourth-order valence-electron chi connectivity index (χ4n) is 2.82. The molecule has 0 bridgehead atoms. The molecule has 0 atom stereocenters. The zero-order chi connectivity index (χ0) is 17.9. The van der Waals surface area contributed by atoms with Crippen molar-refractivity contribution >= 4 is 11.3 Å². The largest absolute Gasteiger partial charge is 0.507 e. The molecular weight excluding hydrogens is 342 g/mol. The van der Waals surface area contributed by atoms with Gasteiger partial charge in [-0.2, -0.15) is 5.26 Å². The molecule has 0 amide bonds. The van der Waals surface area contributed by atoms with Gasteiger partial charge in [-0.05, 0) is 23.3 Å². The number of phenols is 1. The van der Waals surface area contributed by atoms with Crippen molar-refractivity contribution in [2.45, 2.75) is 0 Å². The van der Waals surface area contributed by atoms with Crippen LogP contribution in [0.2, 0.25) is 0 Å². The van der Waals surface area contributed by atoms with E-state index in [1.165, 1.54) is 11.3 Å². The lowest BCUT2D eigenvalue weighted by atomic mass is 9.94. The topological polar surface area (TPSA) is 69.8 Å². The monoisotopic (exact) mass is 355 g/mol. The van der Waals surface area contributed by atoms with E-state index in [1.807, 2.05) is 78.9 Å². The molecule has 1 aromatic heterocycles. The van der Waals surface area contributed by atoms with Crippen LogP contribution in [0.1, 0.15) is 5.01 Å². The predicted molar refractivity (Wildman–Crippen MR) is 103 cm³/mol. The molecule has 4 rings (SSSR count). The Bertz CT molecular complexity index is 1040. The Morgan fingerprint density at radius 3 is 1.77 bits per heavy atom. The minimum atomic E-state index is 0.219. The van der Waals surface area contributed by atoms with Gasteiger partial charge >= 0.3 is 0 Å². The lowest BCUT2D eigenvalue weighted by Crippen LogP contribution is -1.88. The van der Waals surface area contributed by atoms with E-state index in [0.717, 1.165) is 27.8 Å². The van der Waals surface area contributed by atoms with E-state index in [-0.39, 0.29) is 5.75 Å². The molecule has 0 radical (unpaired) electrons. The molecule has 1 N–H and O–H groups in total. The van der Waals surface area contributed by atoms with Crippen molar-refractivity contribution in [1.29, 1.82) is 5.26 Å². The first kappa shape index (κ1) is 16.0. The molecule has 0 aliphatic heterocycles. The van der Waals surface area contributed by atoms with Crippen LogP contribution in [0.25, 0.3) is 32.8 Å². The molecule has 4 nitrogen and oxygen atoms in total. The number of hydrogen-bond donors (Lipinski definition) is 1. The third kappa shape index (κ3) is 2.94. The van der Waals surface area contributed by atoms with Gasteiger partial charge in [0.15, 0.2) is 0 Å². The maximum atomic E-state index is 10.9. The first-order valence-electron chi connectivity index (χ1n) is 7.98. The Kier molecular flexibility index (Phi) is 4.18. The van der Waals surface area contributed by atoms with E-state index in [2.05, 4.69) is 10.2 Å². The van der Waals surface area contributed by atoms with Crippen LogP contribution in [0.3, 0.4) is 0 Å². The highest BCUT2D eigenvalue weighted by Gasteiger charge is 2.16. The van der Waals surface area contributed by atoms with Crippen LogP contribution < -0.4 is 0 Å². The van der Waals surface area contributed by atoms with Gasteiger partial charge in [-0.25, -0.2) is 0 Å². The maximum absolute atomic E-state index is 10.9. The van der Waals surface area contributed by atoms with Crippen molar-refractivity contribution in [3.63, 3.8) is 0 Å². The van der Waals surface area contributed by atoms with Crippen LogP contribution in [-0.4, -0.2) is 15.3 Å². The molecule has 0 unspecified atom stereocenters. The van der Waals surface area contributed by atoms with Gasteiger partial charge in [-0.1, -0.05) is 72.0 Å². The molecule has 4 aromatic rings. The number of benzene rings is 3. The van der Waals surface area contributed by atoms with Crippen molar-refractivity contribution in [2.75, 3.05) is 0 Å². The molecule has 124 valence electrons. The van der Waals surface area contributed by atoms with Crippen molar-refractivity contribution in [3.05, 3.63) is 77.8 Å². The van der Waals surface area contributed by atoms with E-state index >= 15 is 0 Å². The Hall–Kier alpha value is -3.49. The van der Waals surface area contributed by atoms with E-state index in [1.54, 1.807) is 0 Å². The quantitative estimate of drug-likeness (QED) is 0.554. The van der Waals surface area contributed by atoms with Gasteiger partial charge in [0, 0.05) is 16.7 Å². The Morgan fingerprint density at radius 2 is 1.31 bits per heavy atom. The van der Waals surface area contributed by atoms with Crippen molar-refractivity contribution in [1.82, 2.24) is 10.2 Å². The highest BCUT2D eigenvalue weighted by Crippen LogP contribution is 2.42. The molecule has 0 aliphatic rings. The molecule has 0 spiro atoms. The minimum absolute atomic E-state index is 0.219. The summed E-state index contributed by atoms with van der Waals surface area (Å²) < 4.78 is 0. The fourth-order valence-corrected chi connectivity index (χ4v) is 3.45. The summed E-state index contributed by atoms with van der Waals surface area (Å²) >= 11 is 1.23. The fraction of sp³-hybridized carbons (Fsp3) is 0. The second-order valence-electron chi connectivity index (χ2n) is 5.68. The summed E-state index contributed by atoms with van der Waals surface area (Å²) in [5.74, 6) is 0.219. The second-order valence-corrected chi connectivity index (χ2v) is 6.65. The molecule has 0 fully saturated rings. The molecule has 0 saturated heterocycles. The first-order valence-corrected chi connectivity index (χ1v) is 8.80. The molecular formula is C21H13N3OS. The normalized spacial score (nSPS) is 10.4. The average molecular weight is 355 g/mol. The number of nitrogens with zero attached hydrogens (tertiary/aromatic N) is 3. The van der Waals surface area contributed by atoms with Crippen LogP contribution in [0.4, 0.5) is 0 Å². The molecule has 26 heavy (non-hydrogen) atoms. The SMILES string of the molecule is N#Cc1nnc(-c2cc(-c3ccccc3)c(O)c(-c3ccccc3)c2)s1. The zero-order valence-electron chi connectivity index (χ0n) is 13.6. The predicted octanol–water partition coefficient (Wildman–Crippen LogP) is 5.12. The summed E-state index contributed by atoms with van der Waals surface area (Å²) in [7, 11) is 0. The molecule has 0 aliphatic carbocycles. The standard InChI is InChI=1S/C21H13N3OS/c22-13-19-23-24-21(26-19)16-11-17(14-7-3-1-4-8-14)20(25)18(12-16)15-9-5-2-6-10-15/h1-12,25H. The van der Waals surface area contributed by atoms with Crippen molar-refractivity contribution in [2.24, 2.45) is 0 Å². The van der Waals surface area contributed by atoms with E-state index in [4.69, 9.17) is 5.26 Å². The number of phenolic OH excluding ortho intramolecular Hbond substituents is 1. The highest BCUT2D eigenvalue weighted by atomic mass is 32.1. The van der Waals surface area contributed by atoms with Crippen LogP contribution in [0, 0.1) is 11.3 Å². The number of aromatic hydroxyl groups is 1. The van der Waals surface area contributed by atoms with E-state index < -0.39 is 0 Å². The zero-order valence-corrected chi connectivity index (χ0v) is 14.4. The summed E-state index contributed by atoms with van der Waals surface area (Å²) in [6.07, 6.45) is 0. The summed E-state index contributed by atoms with van der Waals surface area (Å²) in [5, 5.41) is 28.9. The van der Waals surface area contributed by atoms with Gasteiger partial charge in [0.1, 0.15) is 16.8 Å². The number of rotatable bonds is 3. The van der Waals surface area contributed by atoms with Crippen LogP contribution >= 0.6 is 11.3 Å². The Morgan fingerprint density at radius 1 is 0.769 bits per heavy atom. The maximum Gasteiger partial charge on any atom is 0.218 e. The van der Waals surface area contributed by atoms with E-state index in [9.17, 15) is 5.11 Å². The lowest BCUT2D eigenvalue weighted by molar-refractivity contribution is 0.479. The number of nitriles is 1. The minimum Gasteiger partial charge on any atom is -0.507 e. The van der Waals surface area contributed by atoms with Crippen LogP contribution in [0.5, 0.6) is 5.75 Å². The molecule has 0 saturated carbocycles. The van der Waals surface area contributed by atoms with Gasteiger partial charge in [0.2, 0.25) is 5.01 Å². The van der Waals surface area contributed by atoms with Crippen LogP contribution in [-0.2, 0) is 0 Å². The summed E-state index contributed by atoms with van der Waals surface area (Å²) in [6.45, 7) is 0. The van der Waals surface area contributed by atoms with E-state index in [0.29, 0.717) is 10.0 Å². The average Bonchev–Trinajstić information content (AvgIpc) is 3.19. The summed E-state index contributed by atoms with van der Waals surface area (Å²) in [5.41, 5.74) is 4.08. The van der Waals surface area contributed by atoms with Crippen molar-refractivity contribution in [3.8, 4) is 44.6 Å². The molecule has 5 heteroatoms. The number of hydrogen-bond acceptors (Lipinski definition) is 5. The Balaban J connectivity index is 1.97. The first-order chi connectivity index (χ1) is 12.8. The van der Waals surface area contributed by atoms with Gasteiger partial charge in [-0.15, -0.1) is 10.2 Å². The smallest absolute Gasteiger partial charge is 0.218 e. The van der Waals surface area contributed by atoms with Crippen LogP contribution in [0.15, 0.2) is 72.8 Å². The summed E-state index contributed by atoms with van der Waals surface area (Å²) in [6, 6.07) is 25.2. The molecule has 3 aromatic carbocycles. The second kappa shape index (κ2) is 6.79.